The molecule has 0 aliphatic rings. The third-order valence-electron chi connectivity index (χ3n) is 4.53. The summed E-state index contributed by atoms with van der Waals surface area (Å²) < 4.78 is 5.13. The number of carbonyl (C=O) groups is 6. The van der Waals surface area contributed by atoms with Crippen molar-refractivity contribution in [3.63, 3.8) is 0 Å². The number of carbonyl (C=O) groups excluding carboxylic acids is 5. The SMILES string of the molecule is CC(=O)SC[C@H](NC(=O)C(C)(C)CSC(C)=O)C(=O)N[C@@H](CCCCNC(=O)OC(C)(C)C)C(=O)O. The molecule has 0 saturated carbocycles. The minimum atomic E-state index is -1.24. The first-order valence-electron chi connectivity index (χ1n) is 11.5. The molecule has 0 aliphatic heterocycles. The van der Waals surface area contributed by atoms with E-state index in [0.29, 0.717) is 12.8 Å². The van der Waals surface area contributed by atoms with Crippen LogP contribution in [0.4, 0.5) is 4.79 Å². The number of rotatable bonds is 14. The third-order valence-corrected chi connectivity index (χ3v) is 6.71. The molecule has 3 amide bonds. The highest BCUT2D eigenvalue weighted by Crippen LogP contribution is 2.23. The third kappa shape index (κ3) is 15.7. The van der Waals surface area contributed by atoms with Crippen LogP contribution in [0.25, 0.3) is 0 Å². The van der Waals surface area contributed by atoms with Gasteiger partial charge in [0, 0.05) is 31.9 Å². The van der Waals surface area contributed by atoms with Crippen molar-refractivity contribution >= 4 is 57.6 Å². The summed E-state index contributed by atoms with van der Waals surface area (Å²) >= 11 is 1.81. The number of amides is 3. The topological polar surface area (TPSA) is 168 Å². The maximum Gasteiger partial charge on any atom is 0.407 e. The van der Waals surface area contributed by atoms with Gasteiger partial charge in [-0.15, -0.1) is 0 Å². The van der Waals surface area contributed by atoms with Crippen molar-refractivity contribution < 1.29 is 38.6 Å². The van der Waals surface area contributed by atoms with Gasteiger partial charge in [-0.3, -0.25) is 19.2 Å². The smallest absolute Gasteiger partial charge is 0.407 e. The van der Waals surface area contributed by atoms with Crippen molar-refractivity contribution in [1.29, 1.82) is 0 Å². The van der Waals surface area contributed by atoms with Crippen LogP contribution in [0.5, 0.6) is 0 Å². The Hall–Kier alpha value is -2.28. The predicted octanol–water partition coefficient (Wildman–Crippen LogP) is 2.32. The van der Waals surface area contributed by atoms with Crippen molar-refractivity contribution in [3.8, 4) is 0 Å². The van der Waals surface area contributed by atoms with Crippen LogP contribution in [-0.4, -0.2) is 74.9 Å². The van der Waals surface area contributed by atoms with Gasteiger partial charge in [0.15, 0.2) is 10.2 Å². The quantitative estimate of drug-likeness (QED) is 0.236. The molecule has 36 heavy (non-hydrogen) atoms. The number of unbranched alkanes of at least 4 members (excludes halogenated alkanes) is 1. The Balaban J connectivity index is 5.02. The molecule has 11 nitrogen and oxygen atoms in total. The molecule has 0 unspecified atom stereocenters. The number of thioether (sulfide) groups is 2. The molecule has 0 aromatic carbocycles. The maximum atomic E-state index is 12.9. The lowest BCUT2D eigenvalue weighted by Crippen LogP contribution is -2.55. The van der Waals surface area contributed by atoms with Gasteiger partial charge in [-0.2, -0.15) is 0 Å². The summed E-state index contributed by atoms with van der Waals surface area (Å²) in [6.45, 7) is 11.4. The molecule has 0 fully saturated rings. The maximum absolute atomic E-state index is 12.9. The van der Waals surface area contributed by atoms with Crippen LogP contribution >= 0.6 is 23.5 Å². The van der Waals surface area contributed by atoms with Crippen LogP contribution in [-0.2, 0) is 28.7 Å². The standard InChI is InChI=1S/C23H39N3O8S2/c1-14(27)35-12-17(26-20(32)23(6,7)13-36-15(2)28)18(29)25-16(19(30)31)10-8-9-11-24-21(33)34-22(3,4)5/h16-17H,8-13H2,1-7H3,(H,24,33)(H,25,29)(H,26,32)(H,30,31)/t16-,17-/m0/s1. The van der Waals surface area contributed by atoms with Crippen molar-refractivity contribution in [3.05, 3.63) is 0 Å². The molecule has 4 N–H and O–H groups in total. The van der Waals surface area contributed by atoms with E-state index in [-0.39, 0.29) is 34.7 Å². The Morgan fingerprint density at radius 2 is 1.44 bits per heavy atom. The summed E-state index contributed by atoms with van der Waals surface area (Å²) in [5.41, 5.74) is -1.61. The number of ether oxygens (including phenoxy) is 1. The number of carboxylic acid groups (broad SMARTS) is 1. The van der Waals surface area contributed by atoms with Crippen molar-refractivity contribution in [2.24, 2.45) is 5.41 Å². The fraction of sp³-hybridized carbons (Fsp3) is 0.739. The first-order valence-corrected chi connectivity index (χ1v) is 13.5. The summed E-state index contributed by atoms with van der Waals surface area (Å²) in [6, 6.07) is -2.37. The van der Waals surface area contributed by atoms with Gasteiger partial charge in [-0.1, -0.05) is 37.4 Å². The van der Waals surface area contributed by atoms with E-state index >= 15 is 0 Å². The normalized spacial score (nSPS) is 13.2. The second-order valence-corrected chi connectivity index (χ2v) is 12.2. The zero-order chi connectivity index (χ0) is 28.1. The van der Waals surface area contributed by atoms with Gasteiger partial charge in [0.05, 0.1) is 5.41 Å². The summed E-state index contributed by atoms with van der Waals surface area (Å²) in [4.78, 5) is 71.7. The Labute approximate surface area is 221 Å². The average Bonchev–Trinajstić information content (AvgIpc) is 2.72. The van der Waals surface area contributed by atoms with E-state index in [1.54, 1.807) is 34.6 Å². The summed E-state index contributed by atoms with van der Waals surface area (Å²) in [5, 5.41) is 16.7. The highest BCUT2D eigenvalue weighted by Gasteiger charge is 2.33. The van der Waals surface area contributed by atoms with Gasteiger partial charge < -0.3 is 25.8 Å². The molecule has 0 saturated heterocycles. The number of carboxylic acids is 1. The van der Waals surface area contributed by atoms with E-state index in [9.17, 15) is 33.9 Å². The van der Waals surface area contributed by atoms with Gasteiger partial charge in [-0.05, 0) is 40.0 Å². The minimum Gasteiger partial charge on any atom is -0.480 e. The molecule has 2 atom stereocenters. The Kier molecular flexibility index (Phi) is 14.8. The minimum absolute atomic E-state index is 0.0744. The van der Waals surface area contributed by atoms with Gasteiger partial charge in [0.1, 0.15) is 17.7 Å². The van der Waals surface area contributed by atoms with Crippen LogP contribution < -0.4 is 16.0 Å². The van der Waals surface area contributed by atoms with E-state index in [2.05, 4.69) is 16.0 Å². The highest BCUT2D eigenvalue weighted by molar-refractivity contribution is 8.13. The molecule has 0 heterocycles. The van der Waals surface area contributed by atoms with Crippen LogP contribution in [0.15, 0.2) is 0 Å². The molecule has 0 aromatic rings. The second kappa shape index (κ2) is 15.7. The van der Waals surface area contributed by atoms with Gasteiger partial charge in [0.2, 0.25) is 11.8 Å². The first kappa shape index (κ1) is 33.7. The molecule has 0 rings (SSSR count). The zero-order valence-corrected chi connectivity index (χ0v) is 23.7. The van der Waals surface area contributed by atoms with Gasteiger partial charge in [-0.25, -0.2) is 9.59 Å². The summed E-state index contributed by atoms with van der Waals surface area (Å²) in [7, 11) is 0. The molecule has 0 spiro atoms. The van der Waals surface area contributed by atoms with Crippen LogP contribution in [0.2, 0.25) is 0 Å². The summed E-state index contributed by atoms with van der Waals surface area (Å²) in [6.07, 6.45) is 0.373. The molecule has 0 aliphatic carbocycles. The molecule has 0 radical (unpaired) electrons. The van der Waals surface area contributed by atoms with Crippen LogP contribution in [0.3, 0.4) is 0 Å². The number of hydrogen-bond acceptors (Lipinski definition) is 9. The average molecular weight is 550 g/mol. The molecule has 206 valence electrons. The fourth-order valence-electron chi connectivity index (χ4n) is 2.59. The van der Waals surface area contributed by atoms with E-state index in [4.69, 9.17) is 4.74 Å². The van der Waals surface area contributed by atoms with Crippen LogP contribution in [0, 0.1) is 5.41 Å². The molecule has 0 aromatic heterocycles. The molecular weight excluding hydrogens is 510 g/mol. The Morgan fingerprint density at radius 1 is 0.861 bits per heavy atom. The van der Waals surface area contributed by atoms with Gasteiger partial charge in [0.25, 0.3) is 0 Å². The largest absolute Gasteiger partial charge is 0.480 e. The van der Waals surface area contributed by atoms with E-state index < -0.39 is 47.0 Å². The van der Waals surface area contributed by atoms with Crippen molar-refractivity contribution in [2.75, 3.05) is 18.1 Å². The van der Waals surface area contributed by atoms with Crippen LogP contribution in [0.1, 0.15) is 67.7 Å². The second-order valence-electron chi connectivity index (χ2n) is 9.82. The summed E-state index contributed by atoms with van der Waals surface area (Å²) in [5.74, 6) is -2.36. The molecule has 0 bridgehead atoms. The lowest BCUT2D eigenvalue weighted by molar-refractivity contribution is -0.142. The number of aliphatic carboxylic acids is 1. The van der Waals surface area contributed by atoms with Gasteiger partial charge >= 0.3 is 12.1 Å². The lowest BCUT2D eigenvalue weighted by atomic mass is 9.95. The zero-order valence-electron chi connectivity index (χ0n) is 22.0. The Morgan fingerprint density at radius 3 is 1.94 bits per heavy atom. The fourth-order valence-corrected chi connectivity index (χ4v) is 3.92. The Bertz CT molecular complexity index is 812. The first-order chi connectivity index (χ1) is 16.4. The molecule has 13 heteroatoms. The van der Waals surface area contributed by atoms with E-state index in [1.165, 1.54) is 13.8 Å². The van der Waals surface area contributed by atoms with Crippen molar-refractivity contribution in [1.82, 2.24) is 16.0 Å². The lowest BCUT2D eigenvalue weighted by Gasteiger charge is -2.27. The number of alkyl carbamates (subject to hydrolysis) is 1. The predicted molar refractivity (Wildman–Crippen MR) is 140 cm³/mol. The van der Waals surface area contributed by atoms with E-state index in [1.807, 2.05) is 0 Å². The van der Waals surface area contributed by atoms with Crippen molar-refractivity contribution in [2.45, 2.75) is 85.4 Å². The molecular formula is C23H39N3O8S2. The van der Waals surface area contributed by atoms with E-state index in [0.717, 1.165) is 23.5 Å². The highest BCUT2D eigenvalue weighted by atomic mass is 32.2. The monoisotopic (exact) mass is 549 g/mol. The number of nitrogens with one attached hydrogen (secondary N) is 3. The number of hydrogen-bond donors (Lipinski definition) is 4.